The monoisotopic (exact) mass is 457 g/mol. The van der Waals surface area contributed by atoms with E-state index in [1.807, 2.05) is 24.0 Å². The van der Waals surface area contributed by atoms with Crippen molar-refractivity contribution >= 4 is 17.6 Å². The first-order valence-corrected chi connectivity index (χ1v) is 11.5. The fraction of sp³-hybridized carbons (Fsp3) is 0.259. The summed E-state index contributed by atoms with van der Waals surface area (Å²) in [5, 5.41) is 2.97. The topological polar surface area (TPSA) is 61.9 Å². The van der Waals surface area contributed by atoms with Crippen LogP contribution in [0.1, 0.15) is 46.4 Å². The van der Waals surface area contributed by atoms with Gasteiger partial charge in [-0.1, -0.05) is 30.3 Å². The Bertz CT molecular complexity index is 1330. The average molecular weight is 458 g/mol. The maximum atomic E-state index is 13.8. The maximum Gasteiger partial charge on any atom is 0.325 e. The molecule has 7 heteroatoms. The highest BCUT2D eigenvalue weighted by Crippen LogP contribution is 2.45. The molecule has 3 aromatic rings. The van der Waals surface area contributed by atoms with Gasteiger partial charge in [0.2, 0.25) is 0 Å². The number of nitrogens with zero attached hydrogens (tertiary/aromatic N) is 2. The molecule has 6 rings (SSSR count). The fourth-order valence-corrected chi connectivity index (χ4v) is 5.37. The number of carbonyl (C=O) groups excluding carboxylic acids is 2. The Balaban J connectivity index is 1.30. The molecule has 1 fully saturated rings. The lowest BCUT2D eigenvalue weighted by Crippen LogP contribution is -2.65. The maximum absolute atomic E-state index is 13.8. The van der Waals surface area contributed by atoms with Gasteiger partial charge in [0.1, 0.15) is 11.6 Å². The van der Waals surface area contributed by atoms with Crippen molar-refractivity contribution in [2.45, 2.75) is 38.1 Å². The van der Waals surface area contributed by atoms with Gasteiger partial charge in [-0.05, 0) is 60.9 Å². The molecule has 0 spiro atoms. The summed E-state index contributed by atoms with van der Waals surface area (Å²) >= 11 is 0. The Labute approximate surface area is 196 Å². The number of benzene rings is 3. The van der Waals surface area contributed by atoms with Crippen LogP contribution in [0.2, 0.25) is 0 Å². The van der Waals surface area contributed by atoms with E-state index in [2.05, 4.69) is 17.4 Å². The molecule has 1 saturated heterocycles. The van der Waals surface area contributed by atoms with E-state index in [1.165, 1.54) is 17.7 Å². The van der Waals surface area contributed by atoms with E-state index in [1.54, 1.807) is 35.2 Å². The Morgan fingerprint density at radius 3 is 2.76 bits per heavy atom. The highest BCUT2D eigenvalue weighted by molar-refractivity contribution is 5.99. The van der Waals surface area contributed by atoms with Crippen molar-refractivity contribution in [2.75, 3.05) is 11.4 Å². The largest absolute Gasteiger partial charge is 0.467 e. The molecule has 0 aliphatic carbocycles. The SMILES string of the molecule is CC12CC(NC(=O)N1c1cccc(C(=O)N3CCc4ccccc4C3)c1)c1cc(F)ccc1O2. The van der Waals surface area contributed by atoms with Gasteiger partial charge in [0.25, 0.3) is 5.91 Å². The predicted molar refractivity (Wildman–Crippen MR) is 125 cm³/mol. The number of carbonyl (C=O) groups is 2. The standard InChI is InChI=1S/C27H24FN3O3/c1-27-15-23(22-14-20(28)9-10-24(22)34-27)29-26(33)31(27)21-8-4-7-18(13-21)25(32)30-12-11-17-5-2-3-6-19(17)16-30/h2-10,13-14,23H,11-12,15-16H2,1H3,(H,29,33). The smallest absolute Gasteiger partial charge is 0.325 e. The number of ether oxygens (including phenoxy) is 1. The van der Waals surface area contributed by atoms with Crippen molar-refractivity contribution in [2.24, 2.45) is 0 Å². The Morgan fingerprint density at radius 2 is 1.91 bits per heavy atom. The zero-order valence-electron chi connectivity index (χ0n) is 18.8. The van der Waals surface area contributed by atoms with E-state index in [0.29, 0.717) is 42.1 Å². The third-order valence-electron chi connectivity index (χ3n) is 7.00. The minimum Gasteiger partial charge on any atom is -0.467 e. The van der Waals surface area contributed by atoms with Crippen molar-refractivity contribution in [3.8, 4) is 5.75 Å². The molecule has 3 aromatic carbocycles. The van der Waals surface area contributed by atoms with Crippen molar-refractivity contribution in [3.63, 3.8) is 0 Å². The van der Waals surface area contributed by atoms with E-state index in [9.17, 15) is 14.0 Å². The summed E-state index contributed by atoms with van der Waals surface area (Å²) in [6.45, 7) is 3.07. The predicted octanol–water partition coefficient (Wildman–Crippen LogP) is 4.79. The molecule has 3 heterocycles. The lowest BCUT2D eigenvalue weighted by Gasteiger charge is -2.50. The average Bonchev–Trinajstić information content (AvgIpc) is 2.83. The summed E-state index contributed by atoms with van der Waals surface area (Å²) < 4.78 is 20.0. The van der Waals surface area contributed by atoms with E-state index in [0.717, 1.165) is 12.0 Å². The molecule has 0 aromatic heterocycles. The number of hydrogen-bond donors (Lipinski definition) is 1. The molecule has 6 nitrogen and oxygen atoms in total. The summed E-state index contributed by atoms with van der Waals surface area (Å²) in [5.74, 6) is 0.112. The van der Waals surface area contributed by atoms with Crippen LogP contribution in [0.5, 0.6) is 5.75 Å². The molecule has 2 bridgehead atoms. The van der Waals surface area contributed by atoms with Crippen molar-refractivity contribution in [1.82, 2.24) is 10.2 Å². The first-order valence-electron chi connectivity index (χ1n) is 11.5. The van der Waals surface area contributed by atoms with Crippen LogP contribution in [-0.2, 0) is 13.0 Å². The molecule has 2 atom stereocenters. The summed E-state index contributed by atoms with van der Waals surface area (Å²) in [6.07, 6.45) is 1.28. The fourth-order valence-electron chi connectivity index (χ4n) is 5.37. The van der Waals surface area contributed by atoms with Crippen LogP contribution in [0.15, 0.2) is 66.7 Å². The van der Waals surface area contributed by atoms with Gasteiger partial charge in [0, 0.05) is 30.6 Å². The third-order valence-corrected chi connectivity index (χ3v) is 7.00. The number of halogens is 1. The molecule has 3 aliphatic rings. The van der Waals surface area contributed by atoms with Crippen LogP contribution in [0.25, 0.3) is 0 Å². The van der Waals surface area contributed by atoms with Crippen LogP contribution >= 0.6 is 0 Å². The molecule has 172 valence electrons. The van der Waals surface area contributed by atoms with Crippen LogP contribution in [-0.4, -0.2) is 29.1 Å². The quantitative estimate of drug-likeness (QED) is 0.602. The second-order valence-corrected chi connectivity index (χ2v) is 9.30. The summed E-state index contributed by atoms with van der Waals surface area (Å²) in [6, 6.07) is 19.0. The van der Waals surface area contributed by atoms with Gasteiger partial charge in [0.15, 0.2) is 5.72 Å². The molecular weight excluding hydrogens is 433 g/mol. The van der Waals surface area contributed by atoms with Crippen molar-refractivity contribution in [1.29, 1.82) is 0 Å². The molecular formula is C27H24FN3O3. The van der Waals surface area contributed by atoms with Gasteiger partial charge >= 0.3 is 6.03 Å². The van der Waals surface area contributed by atoms with Crippen LogP contribution in [0, 0.1) is 5.82 Å². The van der Waals surface area contributed by atoms with E-state index in [-0.39, 0.29) is 23.8 Å². The summed E-state index contributed by atoms with van der Waals surface area (Å²) in [4.78, 5) is 29.9. The zero-order valence-corrected chi connectivity index (χ0v) is 18.8. The van der Waals surface area contributed by atoms with Crippen molar-refractivity contribution in [3.05, 3.63) is 94.8 Å². The highest BCUT2D eigenvalue weighted by Gasteiger charge is 2.50. The van der Waals surface area contributed by atoms with Gasteiger partial charge in [-0.25, -0.2) is 9.18 Å². The van der Waals surface area contributed by atoms with Crippen molar-refractivity contribution < 1.29 is 18.7 Å². The first-order chi connectivity index (χ1) is 16.4. The molecule has 0 saturated carbocycles. The lowest BCUT2D eigenvalue weighted by atomic mass is 9.90. The third kappa shape index (κ3) is 3.31. The zero-order chi connectivity index (χ0) is 23.4. The van der Waals surface area contributed by atoms with Gasteiger partial charge in [-0.2, -0.15) is 0 Å². The summed E-state index contributed by atoms with van der Waals surface area (Å²) in [7, 11) is 0. The molecule has 1 N–H and O–H groups in total. The van der Waals surface area contributed by atoms with Crippen LogP contribution in [0.4, 0.5) is 14.9 Å². The van der Waals surface area contributed by atoms with Gasteiger partial charge in [-0.3, -0.25) is 9.69 Å². The lowest BCUT2D eigenvalue weighted by molar-refractivity contribution is 0.0376. The second kappa shape index (κ2) is 7.58. The Morgan fingerprint density at radius 1 is 1.09 bits per heavy atom. The molecule has 2 unspecified atom stereocenters. The molecule has 3 aliphatic heterocycles. The molecule has 3 amide bonds. The highest BCUT2D eigenvalue weighted by atomic mass is 19.1. The second-order valence-electron chi connectivity index (χ2n) is 9.30. The van der Waals surface area contributed by atoms with Gasteiger partial charge < -0.3 is 15.0 Å². The number of rotatable bonds is 2. The summed E-state index contributed by atoms with van der Waals surface area (Å²) in [5.41, 5.74) is 3.21. The van der Waals surface area contributed by atoms with Gasteiger partial charge in [0.05, 0.1) is 11.7 Å². The van der Waals surface area contributed by atoms with E-state index < -0.39 is 5.72 Å². The Hall–Kier alpha value is -3.87. The van der Waals surface area contributed by atoms with E-state index >= 15 is 0 Å². The molecule has 0 radical (unpaired) electrons. The normalized spacial score (nSPS) is 22.9. The first kappa shape index (κ1) is 20.7. The minimum absolute atomic E-state index is 0.0674. The van der Waals surface area contributed by atoms with Gasteiger partial charge in [-0.15, -0.1) is 0 Å². The number of urea groups is 1. The minimum atomic E-state index is -0.969. The van der Waals surface area contributed by atoms with Crippen LogP contribution < -0.4 is 15.0 Å². The number of anilines is 1. The number of nitrogens with one attached hydrogen (secondary N) is 1. The number of fused-ring (bicyclic) bond motifs is 5. The van der Waals surface area contributed by atoms with Crippen LogP contribution in [0.3, 0.4) is 0 Å². The number of hydrogen-bond acceptors (Lipinski definition) is 3. The molecule has 34 heavy (non-hydrogen) atoms. The van der Waals surface area contributed by atoms with E-state index in [4.69, 9.17) is 4.74 Å². The Kier molecular flexibility index (Phi) is 4.62. The number of amides is 3.